The van der Waals surface area contributed by atoms with E-state index in [1.54, 1.807) is 6.07 Å². The molecule has 0 saturated heterocycles. The van der Waals surface area contributed by atoms with Crippen molar-refractivity contribution in [2.45, 2.75) is 25.8 Å². The van der Waals surface area contributed by atoms with Gasteiger partial charge in [0.1, 0.15) is 5.65 Å². The molecule has 0 atom stereocenters. The van der Waals surface area contributed by atoms with E-state index >= 15 is 0 Å². The topological polar surface area (TPSA) is 67.2 Å². The molecule has 0 radical (unpaired) electrons. The number of nitrogens with one attached hydrogen (secondary N) is 1. The van der Waals surface area contributed by atoms with Crippen molar-refractivity contribution in [2.24, 2.45) is 13.0 Å². The first kappa shape index (κ1) is 13.1. The van der Waals surface area contributed by atoms with Crippen molar-refractivity contribution in [3.8, 4) is 0 Å². The standard InChI is InChI=1S/C15H19N3O2/c1-18-6-5-12-11(9-16-8-10-3-2-4-10)7-13(15(19)20)17-14(12)18/h5-7,10,16H,2-4,8-9H2,1H3,(H,19,20). The van der Waals surface area contributed by atoms with E-state index in [2.05, 4.69) is 10.3 Å². The van der Waals surface area contributed by atoms with E-state index in [1.807, 2.05) is 23.9 Å². The second-order valence-corrected chi connectivity index (χ2v) is 5.56. The molecule has 1 saturated carbocycles. The molecule has 2 N–H and O–H groups in total. The molecular weight excluding hydrogens is 254 g/mol. The lowest BCUT2D eigenvalue weighted by atomic mass is 9.85. The Bertz CT molecular complexity index is 644. The van der Waals surface area contributed by atoms with Gasteiger partial charge in [0.2, 0.25) is 0 Å². The normalized spacial score (nSPS) is 15.4. The van der Waals surface area contributed by atoms with Crippen LogP contribution >= 0.6 is 0 Å². The molecule has 1 fully saturated rings. The van der Waals surface area contributed by atoms with Gasteiger partial charge >= 0.3 is 5.97 Å². The zero-order valence-electron chi connectivity index (χ0n) is 11.6. The van der Waals surface area contributed by atoms with Crippen LogP contribution in [0.15, 0.2) is 18.3 Å². The SMILES string of the molecule is Cn1ccc2c(CNCC3CCC3)cc(C(=O)O)nc21. The van der Waals surface area contributed by atoms with Crippen LogP contribution in [0.1, 0.15) is 35.3 Å². The Hall–Kier alpha value is -1.88. The average molecular weight is 273 g/mol. The van der Waals surface area contributed by atoms with Crippen LogP contribution in [-0.2, 0) is 13.6 Å². The third-order valence-corrected chi connectivity index (χ3v) is 4.12. The minimum Gasteiger partial charge on any atom is -0.477 e. The van der Waals surface area contributed by atoms with Crippen molar-refractivity contribution in [1.82, 2.24) is 14.9 Å². The summed E-state index contributed by atoms with van der Waals surface area (Å²) in [6.07, 6.45) is 5.88. The van der Waals surface area contributed by atoms with Crippen molar-refractivity contribution in [3.63, 3.8) is 0 Å². The Balaban J connectivity index is 1.84. The van der Waals surface area contributed by atoms with Gasteiger partial charge in [0.15, 0.2) is 5.69 Å². The van der Waals surface area contributed by atoms with Crippen LogP contribution in [0.3, 0.4) is 0 Å². The first-order chi connectivity index (χ1) is 9.65. The minimum absolute atomic E-state index is 0.111. The Morgan fingerprint density at radius 2 is 2.35 bits per heavy atom. The van der Waals surface area contributed by atoms with Crippen molar-refractivity contribution >= 4 is 17.0 Å². The number of aromatic nitrogens is 2. The molecule has 1 aliphatic carbocycles. The number of aryl methyl sites for hydroxylation is 1. The highest BCUT2D eigenvalue weighted by Crippen LogP contribution is 2.25. The van der Waals surface area contributed by atoms with Gasteiger partial charge in [-0.05, 0) is 43.0 Å². The van der Waals surface area contributed by atoms with Gasteiger partial charge < -0.3 is 15.0 Å². The van der Waals surface area contributed by atoms with Gasteiger partial charge in [-0.2, -0.15) is 0 Å². The summed E-state index contributed by atoms with van der Waals surface area (Å²) in [6, 6.07) is 3.67. The van der Waals surface area contributed by atoms with Gasteiger partial charge in [-0.1, -0.05) is 6.42 Å². The van der Waals surface area contributed by atoms with Gasteiger partial charge in [-0.15, -0.1) is 0 Å². The van der Waals surface area contributed by atoms with Crippen LogP contribution in [0.5, 0.6) is 0 Å². The average Bonchev–Trinajstić information content (AvgIpc) is 2.74. The van der Waals surface area contributed by atoms with Gasteiger partial charge in [-0.3, -0.25) is 0 Å². The molecule has 0 unspecified atom stereocenters. The highest BCUT2D eigenvalue weighted by molar-refractivity contribution is 5.90. The molecule has 0 aliphatic heterocycles. The number of aromatic carboxylic acids is 1. The Morgan fingerprint density at radius 3 is 3.00 bits per heavy atom. The van der Waals surface area contributed by atoms with E-state index in [-0.39, 0.29) is 5.69 Å². The summed E-state index contributed by atoms with van der Waals surface area (Å²) >= 11 is 0. The lowest BCUT2D eigenvalue weighted by Gasteiger charge is -2.25. The third-order valence-electron chi connectivity index (χ3n) is 4.12. The van der Waals surface area contributed by atoms with Crippen molar-refractivity contribution in [2.75, 3.05) is 6.54 Å². The van der Waals surface area contributed by atoms with Crippen LogP contribution in [0.4, 0.5) is 0 Å². The molecule has 2 heterocycles. The fourth-order valence-corrected chi connectivity index (χ4v) is 2.66. The molecule has 2 aromatic rings. The van der Waals surface area contributed by atoms with E-state index < -0.39 is 5.97 Å². The zero-order valence-corrected chi connectivity index (χ0v) is 11.6. The fraction of sp³-hybridized carbons (Fsp3) is 0.467. The Labute approximate surface area is 117 Å². The number of carboxylic acids is 1. The number of carbonyl (C=O) groups is 1. The Morgan fingerprint density at radius 1 is 1.55 bits per heavy atom. The van der Waals surface area contributed by atoms with Gasteiger partial charge in [0.25, 0.3) is 0 Å². The maximum absolute atomic E-state index is 11.2. The first-order valence-corrected chi connectivity index (χ1v) is 7.04. The van der Waals surface area contributed by atoms with Crippen molar-refractivity contribution in [1.29, 1.82) is 0 Å². The highest BCUT2D eigenvalue weighted by Gasteiger charge is 2.17. The van der Waals surface area contributed by atoms with Crippen LogP contribution in [0.25, 0.3) is 11.0 Å². The molecule has 2 aromatic heterocycles. The number of hydrogen-bond donors (Lipinski definition) is 2. The summed E-state index contributed by atoms with van der Waals surface area (Å²) in [7, 11) is 1.88. The van der Waals surface area contributed by atoms with E-state index in [0.29, 0.717) is 6.54 Å². The number of hydrogen-bond acceptors (Lipinski definition) is 3. The number of pyridine rings is 1. The molecular formula is C15H19N3O2. The molecule has 0 bridgehead atoms. The van der Waals surface area contributed by atoms with Gasteiger partial charge in [0, 0.05) is 25.2 Å². The maximum atomic E-state index is 11.2. The molecule has 106 valence electrons. The molecule has 5 heteroatoms. The zero-order chi connectivity index (χ0) is 14.1. The summed E-state index contributed by atoms with van der Waals surface area (Å²) < 4.78 is 1.86. The smallest absolute Gasteiger partial charge is 0.354 e. The largest absolute Gasteiger partial charge is 0.477 e. The molecule has 0 amide bonds. The lowest BCUT2D eigenvalue weighted by molar-refractivity contribution is 0.0690. The van der Waals surface area contributed by atoms with Crippen molar-refractivity contribution in [3.05, 3.63) is 29.6 Å². The van der Waals surface area contributed by atoms with E-state index in [0.717, 1.165) is 29.1 Å². The van der Waals surface area contributed by atoms with Crippen molar-refractivity contribution < 1.29 is 9.90 Å². The number of rotatable bonds is 5. The summed E-state index contributed by atoms with van der Waals surface area (Å²) in [5.74, 6) is -0.185. The predicted octanol–water partition coefficient (Wildman–Crippen LogP) is 2.16. The quantitative estimate of drug-likeness (QED) is 0.876. The Kier molecular flexibility index (Phi) is 3.44. The van der Waals surface area contributed by atoms with E-state index in [4.69, 9.17) is 5.11 Å². The molecule has 20 heavy (non-hydrogen) atoms. The fourth-order valence-electron chi connectivity index (χ4n) is 2.66. The summed E-state index contributed by atoms with van der Waals surface area (Å²) in [5.41, 5.74) is 1.84. The minimum atomic E-state index is -0.978. The van der Waals surface area contributed by atoms with Gasteiger partial charge in [-0.25, -0.2) is 9.78 Å². The molecule has 1 aliphatic rings. The predicted molar refractivity (Wildman–Crippen MR) is 76.7 cm³/mol. The number of nitrogens with zero attached hydrogens (tertiary/aromatic N) is 2. The summed E-state index contributed by atoms with van der Waals surface area (Å²) in [5, 5.41) is 13.6. The van der Waals surface area contributed by atoms with E-state index in [9.17, 15) is 4.79 Å². The number of carboxylic acid groups (broad SMARTS) is 1. The monoisotopic (exact) mass is 273 g/mol. The van der Waals surface area contributed by atoms with Crippen LogP contribution in [0.2, 0.25) is 0 Å². The summed E-state index contributed by atoms with van der Waals surface area (Å²) in [6.45, 7) is 1.71. The maximum Gasteiger partial charge on any atom is 0.354 e. The van der Waals surface area contributed by atoms with Crippen LogP contribution < -0.4 is 5.32 Å². The molecule has 0 aromatic carbocycles. The third kappa shape index (κ3) is 2.41. The van der Waals surface area contributed by atoms with E-state index in [1.165, 1.54) is 19.3 Å². The number of fused-ring (bicyclic) bond motifs is 1. The van der Waals surface area contributed by atoms with Gasteiger partial charge in [0.05, 0.1) is 0 Å². The van der Waals surface area contributed by atoms with Crippen LogP contribution in [-0.4, -0.2) is 27.2 Å². The molecule has 3 rings (SSSR count). The highest BCUT2D eigenvalue weighted by atomic mass is 16.4. The molecule has 0 spiro atoms. The second-order valence-electron chi connectivity index (χ2n) is 5.56. The molecule has 5 nitrogen and oxygen atoms in total. The second kappa shape index (κ2) is 5.25. The van der Waals surface area contributed by atoms with Crippen LogP contribution in [0, 0.1) is 5.92 Å². The summed E-state index contributed by atoms with van der Waals surface area (Å²) in [4.78, 5) is 15.4. The lowest BCUT2D eigenvalue weighted by Crippen LogP contribution is -2.27. The first-order valence-electron chi connectivity index (χ1n) is 7.04.